The van der Waals surface area contributed by atoms with Crippen LogP contribution in [0.3, 0.4) is 0 Å². The van der Waals surface area contributed by atoms with E-state index in [-0.39, 0.29) is 5.91 Å². The van der Waals surface area contributed by atoms with E-state index >= 15 is 0 Å². The van der Waals surface area contributed by atoms with Gasteiger partial charge in [-0.25, -0.2) is 0 Å². The smallest absolute Gasteiger partial charge is 0.258 e. The van der Waals surface area contributed by atoms with Crippen LogP contribution < -0.4 is 15.5 Å². The highest BCUT2D eigenvalue weighted by molar-refractivity contribution is 9.10. The van der Waals surface area contributed by atoms with Crippen molar-refractivity contribution >= 4 is 38.9 Å². The zero-order chi connectivity index (χ0) is 15.0. The topological polar surface area (TPSA) is 49.6 Å². The van der Waals surface area contributed by atoms with Gasteiger partial charge >= 0.3 is 0 Å². The van der Waals surface area contributed by atoms with Crippen molar-refractivity contribution < 1.29 is 4.79 Å². The first-order valence-electron chi connectivity index (χ1n) is 6.74. The van der Waals surface area contributed by atoms with Gasteiger partial charge in [0.1, 0.15) is 0 Å². The number of hydrogen-bond acceptors (Lipinski definition) is 3. The van der Waals surface area contributed by atoms with E-state index in [0.717, 1.165) is 22.4 Å². The Labute approximate surface area is 132 Å². The molecule has 1 aliphatic heterocycles. The minimum absolute atomic E-state index is 0.0245. The monoisotopic (exact) mass is 345 g/mol. The predicted octanol–water partition coefficient (Wildman–Crippen LogP) is 3.13. The Morgan fingerprint density at radius 1 is 1.14 bits per heavy atom. The number of carbonyl (C=O) groups is 1. The van der Waals surface area contributed by atoms with Gasteiger partial charge in [-0.05, 0) is 30.3 Å². The summed E-state index contributed by atoms with van der Waals surface area (Å²) in [5.74, 6) is -0.0245. The molecule has 0 fully saturated rings. The summed E-state index contributed by atoms with van der Waals surface area (Å²) in [5.41, 5.74) is 9.02. The number of amides is 1. The van der Waals surface area contributed by atoms with E-state index in [1.54, 1.807) is 18.2 Å². The number of anilines is 3. The van der Waals surface area contributed by atoms with Crippen LogP contribution >= 0.6 is 15.9 Å². The molecule has 0 bridgehead atoms. The molecule has 1 amide bonds. The fraction of sp³-hybridized carbons (Fsp3) is 0.188. The second kappa shape index (κ2) is 5.41. The molecule has 3 rings (SSSR count). The number of likely N-dealkylation sites (N-methyl/N-ethyl adjacent to an activating group) is 1. The predicted molar refractivity (Wildman–Crippen MR) is 89.9 cm³/mol. The summed E-state index contributed by atoms with van der Waals surface area (Å²) >= 11 is 3.39. The zero-order valence-electron chi connectivity index (χ0n) is 11.7. The van der Waals surface area contributed by atoms with Gasteiger partial charge in [0.05, 0.1) is 11.4 Å². The van der Waals surface area contributed by atoms with Crippen LogP contribution in [-0.4, -0.2) is 26.0 Å². The molecule has 0 saturated carbocycles. The van der Waals surface area contributed by atoms with E-state index in [0.29, 0.717) is 17.8 Å². The lowest BCUT2D eigenvalue weighted by Crippen LogP contribution is -2.42. The molecule has 2 N–H and O–H groups in total. The standard InChI is InChI=1S/C16H16BrN3O/c1-19-6-7-20(15-5-3-2-4-14(15)19)16(21)11-8-12(17)10-13(18)9-11/h2-5,8-10H,6-7,18H2,1H3. The summed E-state index contributed by atoms with van der Waals surface area (Å²) in [4.78, 5) is 16.8. The first-order chi connectivity index (χ1) is 10.1. The van der Waals surface area contributed by atoms with Crippen LogP contribution in [0.4, 0.5) is 17.1 Å². The van der Waals surface area contributed by atoms with Crippen molar-refractivity contribution in [3.05, 3.63) is 52.5 Å². The lowest BCUT2D eigenvalue weighted by atomic mass is 10.1. The SMILES string of the molecule is CN1CCN(C(=O)c2cc(N)cc(Br)c2)c2ccccc21. The molecule has 4 nitrogen and oxygen atoms in total. The average molecular weight is 346 g/mol. The van der Waals surface area contributed by atoms with Crippen molar-refractivity contribution in [2.75, 3.05) is 35.7 Å². The van der Waals surface area contributed by atoms with E-state index in [9.17, 15) is 4.79 Å². The van der Waals surface area contributed by atoms with Gasteiger partial charge in [0.15, 0.2) is 0 Å². The van der Waals surface area contributed by atoms with E-state index in [1.165, 1.54) is 0 Å². The molecule has 0 aliphatic carbocycles. The minimum Gasteiger partial charge on any atom is -0.399 e. The van der Waals surface area contributed by atoms with Gasteiger partial charge < -0.3 is 15.5 Å². The number of benzene rings is 2. The molecule has 2 aromatic rings. The van der Waals surface area contributed by atoms with Crippen LogP contribution in [0.5, 0.6) is 0 Å². The average Bonchev–Trinajstić information content (AvgIpc) is 2.46. The number of rotatable bonds is 1. The number of halogens is 1. The molecule has 1 aliphatic rings. The number of carbonyl (C=O) groups excluding carboxylic acids is 1. The molecule has 1 heterocycles. The van der Waals surface area contributed by atoms with Crippen molar-refractivity contribution in [1.82, 2.24) is 0 Å². The second-order valence-electron chi connectivity index (χ2n) is 5.14. The van der Waals surface area contributed by atoms with Crippen molar-refractivity contribution in [3.63, 3.8) is 0 Å². The van der Waals surface area contributed by atoms with Gasteiger partial charge in [0, 0.05) is 35.9 Å². The zero-order valence-corrected chi connectivity index (χ0v) is 13.3. The summed E-state index contributed by atoms with van der Waals surface area (Å²) in [6.07, 6.45) is 0. The molecule has 0 spiro atoms. The number of nitrogens with two attached hydrogens (primary N) is 1. The normalized spacial score (nSPS) is 14.0. The number of nitrogens with zero attached hydrogens (tertiary/aromatic N) is 2. The molecule has 5 heteroatoms. The maximum absolute atomic E-state index is 12.8. The minimum atomic E-state index is -0.0245. The lowest BCUT2D eigenvalue weighted by Gasteiger charge is -2.35. The van der Waals surface area contributed by atoms with Crippen LogP contribution in [0.15, 0.2) is 46.9 Å². The van der Waals surface area contributed by atoms with Gasteiger partial charge in [0.25, 0.3) is 5.91 Å². The molecule has 21 heavy (non-hydrogen) atoms. The Morgan fingerprint density at radius 3 is 2.57 bits per heavy atom. The quantitative estimate of drug-likeness (QED) is 0.807. The van der Waals surface area contributed by atoms with Crippen LogP contribution in [0.1, 0.15) is 10.4 Å². The van der Waals surface area contributed by atoms with Crippen molar-refractivity contribution in [3.8, 4) is 0 Å². The van der Waals surface area contributed by atoms with E-state index in [2.05, 4.69) is 20.8 Å². The van der Waals surface area contributed by atoms with E-state index in [1.807, 2.05) is 36.2 Å². The summed E-state index contributed by atoms with van der Waals surface area (Å²) in [5, 5.41) is 0. The molecule has 0 aromatic heterocycles. The van der Waals surface area contributed by atoms with Gasteiger partial charge in [0.2, 0.25) is 0 Å². The molecule has 0 atom stereocenters. The maximum atomic E-state index is 12.8. The van der Waals surface area contributed by atoms with Gasteiger partial charge in [-0.2, -0.15) is 0 Å². The molecule has 0 saturated heterocycles. The number of hydrogen-bond donors (Lipinski definition) is 1. The third-order valence-electron chi connectivity index (χ3n) is 3.66. The molecule has 0 radical (unpaired) electrons. The highest BCUT2D eigenvalue weighted by atomic mass is 79.9. The lowest BCUT2D eigenvalue weighted by molar-refractivity contribution is 0.0986. The van der Waals surface area contributed by atoms with Crippen LogP contribution in [-0.2, 0) is 0 Å². The Bertz CT molecular complexity index is 681. The summed E-state index contributed by atoms with van der Waals surface area (Å²) in [7, 11) is 2.04. The maximum Gasteiger partial charge on any atom is 0.258 e. The Morgan fingerprint density at radius 2 is 1.86 bits per heavy atom. The number of fused-ring (bicyclic) bond motifs is 1. The first kappa shape index (κ1) is 13.9. The molecule has 0 unspecified atom stereocenters. The summed E-state index contributed by atoms with van der Waals surface area (Å²) in [6.45, 7) is 1.48. The van der Waals surface area contributed by atoms with E-state index < -0.39 is 0 Å². The van der Waals surface area contributed by atoms with Crippen molar-refractivity contribution in [1.29, 1.82) is 0 Å². The fourth-order valence-electron chi connectivity index (χ4n) is 2.61. The van der Waals surface area contributed by atoms with Crippen LogP contribution in [0.2, 0.25) is 0 Å². The third-order valence-corrected chi connectivity index (χ3v) is 4.11. The van der Waals surface area contributed by atoms with Crippen molar-refractivity contribution in [2.45, 2.75) is 0 Å². The molecular weight excluding hydrogens is 330 g/mol. The number of para-hydroxylation sites is 2. The van der Waals surface area contributed by atoms with Gasteiger partial charge in [-0.3, -0.25) is 4.79 Å². The fourth-order valence-corrected chi connectivity index (χ4v) is 3.12. The highest BCUT2D eigenvalue weighted by Gasteiger charge is 2.25. The summed E-state index contributed by atoms with van der Waals surface area (Å²) < 4.78 is 0.813. The molecule has 108 valence electrons. The van der Waals surface area contributed by atoms with Crippen LogP contribution in [0.25, 0.3) is 0 Å². The largest absolute Gasteiger partial charge is 0.399 e. The van der Waals surface area contributed by atoms with Gasteiger partial charge in [-0.1, -0.05) is 28.1 Å². The second-order valence-corrected chi connectivity index (χ2v) is 6.06. The Hall–Kier alpha value is -2.01. The van der Waals surface area contributed by atoms with E-state index in [4.69, 9.17) is 5.73 Å². The van der Waals surface area contributed by atoms with Gasteiger partial charge in [-0.15, -0.1) is 0 Å². The van der Waals surface area contributed by atoms with Crippen molar-refractivity contribution in [2.24, 2.45) is 0 Å². The summed E-state index contributed by atoms with van der Waals surface area (Å²) in [6, 6.07) is 13.3. The van der Waals surface area contributed by atoms with Crippen LogP contribution in [0, 0.1) is 0 Å². The number of nitrogen functional groups attached to an aromatic ring is 1. The molecule has 2 aromatic carbocycles. The Kier molecular flexibility index (Phi) is 3.59. The third kappa shape index (κ3) is 2.61. The highest BCUT2D eigenvalue weighted by Crippen LogP contribution is 2.33. The molecular formula is C16H16BrN3O. The Balaban J connectivity index is 2.01. The first-order valence-corrected chi connectivity index (χ1v) is 7.53.